The van der Waals surface area contributed by atoms with Crippen LogP contribution in [0.1, 0.15) is 10.5 Å². The zero-order valence-electron chi connectivity index (χ0n) is 16.0. The summed E-state index contributed by atoms with van der Waals surface area (Å²) in [4.78, 5) is 23.6. The largest absolute Gasteiger partial charge is 0.506 e. The van der Waals surface area contributed by atoms with E-state index in [0.29, 0.717) is 5.75 Å². The quantitative estimate of drug-likeness (QED) is 0.504. The highest BCUT2D eigenvalue weighted by Crippen LogP contribution is 2.30. The van der Waals surface area contributed by atoms with Crippen molar-refractivity contribution in [3.05, 3.63) is 70.6 Å². The molecule has 0 aliphatic rings. The minimum atomic E-state index is -4.05. The van der Waals surface area contributed by atoms with Crippen molar-refractivity contribution < 1.29 is 23.1 Å². The van der Waals surface area contributed by atoms with Crippen molar-refractivity contribution in [2.45, 2.75) is 4.90 Å². The maximum Gasteiger partial charge on any atom is 0.276 e. The number of amides is 1. The number of phenols is 1. The molecule has 0 saturated carbocycles. The van der Waals surface area contributed by atoms with Crippen LogP contribution in [0.5, 0.6) is 11.5 Å². The van der Waals surface area contributed by atoms with Crippen LogP contribution in [0.15, 0.2) is 64.3 Å². The predicted octanol–water partition coefficient (Wildman–Crippen LogP) is 1.55. The van der Waals surface area contributed by atoms with Crippen LogP contribution in [0.2, 0.25) is 0 Å². The summed E-state index contributed by atoms with van der Waals surface area (Å²) in [5.41, 5.74) is -0.395. The third-order valence-corrected chi connectivity index (χ3v) is 5.43. The van der Waals surface area contributed by atoms with Gasteiger partial charge in [-0.3, -0.25) is 14.3 Å². The summed E-state index contributed by atoms with van der Waals surface area (Å²) in [5, 5.41) is 16.2. The van der Waals surface area contributed by atoms with Crippen molar-refractivity contribution in [1.82, 2.24) is 9.78 Å². The molecule has 0 spiro atoms. The van der Waals surface area contributed by atoms with Crippen LogP contribution in [-0.4, -0.2) is 36.3 Å². The first kappa shape index (κ1) is 20.9. The van der Waals surface area contributed by atoms with E-state index in [9.17, 15) is 23.1 Å². The second-order valence-corrected chi connectivity index (χ2v) is 7.80. The van der Waals surface area contributed by atoms with E-state index >= 15 is 0 Å². The minimum absolute atomic E-state index is 0.0862. The lowest BCUT2D eigenvalue weighted by Crippen LogP contribution is -2.23. The summed E-state index contributed by atoms with van der Waals surface area (Å²) < 4.78 is 34.0. The first-order chi connectivity index (χ1) is 14.2. The maximum absolute atomic E-state index is 12.8. The first-order valence-corrected chi connectivity index (χ1v) is 10.0. The Labute approximate surface area is 171 Å². The summed E-state index contributed by atoms with van der Waals surface area (Å²) in [5.74, 6) is -0.744. The zero-order valence-corrected chi connectivity index (χ0v) is 16.8. The number of carbonyl (C=O) groups excluding carboxylic acids is 1. The molecule has 2 aromatic carbocycles. The average Bonchev–Trinajstić information content (AvgIpc) is 2.71. The van der Waals surface area contributed by atoms with Gasteiger partial charge in [-0.1, -0.05) is 12.1 Å². The molecule has 1 heterocycles. The van der Waals surface area contributed by atoms with Gasteiger partial charge in [0.2, 0.25) is 0 Å². The SMILES string of the molecule is COc1ccccc1NS(=O)(=O)c1ccc(O)c(NC(=O)c2ccc(=O)n(C)n2)c1. The smallest absolute Gasteiger partial charge is 0.276 e. The Hall–Kier alpha value is -3.86. The Balaban J connectivity index is 1.89. The Bertz CT molecular complexity index is 1270. The van der Waals surface area contributed by atoms with E-state index < -0.39 is 21.5 Å². The molecule has 3 aromatic rings. The number of methoxy groups -OCH3 is 1. The molecule has 0 aliphatic carbocycles. The number of benzene rings is 2. The summed E-state index contributed by atoms with van der Waals surface area (Å²) in [7, 11) is -1.26. The standard InChI is InChI=1S/C19H18N4O6S/c1-23-18(25)10-8-14(21-23)19(26)20-15-11-12(7-9-16(15)24)30(27,28)22-13-5-3-4-6-17(13)29-2/h3-11,22,24H,1-2H3,(H,20,26). The molecule has 30 heavy (non-hydrogen) atoms. The van der Waals surface area contributed by atoms with Crippen LogP contribution in [0.4, 0.5) is 11.4 Å². The molecule has 0 saturated heterocycles. The highest BCUT2D eigenvalue weighted by Gasteiger charge is 2.19. The number of carbonyl (C=O) groups is 1. The van der Waals surface area contributed by atoms with E-state index in [1.54, 1.807) is 18.2 Å². The van der Waals surface area contributed by atoms with Crippen molar-refractivity contribution in [2.24, 2.45) is 7.05 Å². The lowest BCUT2D eigenvalue weighted by atomic mass is 10.2. The molecule has 0 bridgehead atoms. The molecule has 10 nitrogen and oxygen atoms in total. The van der Waals surface area contributed by atoms with Crippen molar-refractivity contribution >= 4 is 27.3 Å². The number of nitrogens with zero attached hydrogens (tertiary/aromatic N) is 2. The number of aromatic nitrogens is 2. The number of aryl methyl sites for hydroxylation is 1. The fourth-order valence-electron chi connectivity index (χ4n) is 2.52. The number of phenolic OH excluding ortho intramolecular Hbond substituents is 1. The van der Waals surface area contributed by atoms with Crippen LogP contribution in [0, 0.1) is 0 Å². The summed E-state index contributed by atoms with van der Waals surface area (Å²) >= 11 is 0. The van der Waals surface area contributed by atoms with Gasteiger partial charge in [0, 0.05) is 13.1 Å². The Morgan fingerprint density at radius 2 is 1.83 bits per heavy atom. The lowest BCUT2D eigenvalue weighted by Gasteiger charge is -2.13. The fourth-order valence-corrected chi connectivity index (χ4v) is 3.62. The fraction of sp³-hybridized carbons (Fsp3) is 0.105. The molecule has 156 valence electrons. The number of ether oxygens (including phenoxy) is 1. The van der Waals surface area contributed by atoms with E-state index in [0.717, 1.165) is 16.8 Å². The van der Waals surface area contributed by atoms with Gasteiger partial charge in [0.25, 0.3) is 21.5 Å². The molecule has 0 aliphatic heterocycles. The molecule has 0 radical (unpaired) electrons. The number of anilines is 2. The number of para-hydroxylation sites is 2. The number of sulfonamides is 1. The number of aromatic hydroxyl groups is 1. The topological polar surface area (TPSA) is 140 Å². The van der Waals surface area contributed by atoms with E-state index in [4.69, 9.17) is 4.74 Å². The highest BCUT2D eigenvalue weighted by molar-refractivity contribution is 7.92. The van der Waals surface area contributed by atoms with E-state index in [1.807, 2.05) is 0 Å². The number of hydrogen-bond acceptors (Lipinski definition) is 7. The Kier molecular flexibility index (Phi) is 5.74. The van der Waals surface area contributed by atoms with Crippen LogP contribution in [-0.2, 0) is 17.1 Å². The average molecular weight is 430 g/mol. The van der Waals surface area contributed by atoms with Gasteiger partial charge in [0.05, 0.1) is 23.4 Å². The number of hydrogen-bond donors (Lipinski definition) is 3. The van der Waals surface area contributed by atoms with E-state index in [-0.39, 0.29) is 27.7 Å². The van der Waals surface area contributed by atoms with Crippen LogP contribution >= 0.6 is 0 Å². The molecule has 3 rings (SSSR count). The summed E-state index contributed by atoms with van der Waals surface area (Å²) in [6.45, 7) is 0. The van der Waals surface area contributed by atoms with Gasteiger partial charge >= 0.3 is 0 Å². The lowest BCUT2D eigenvalue weighted by molar-refractivity contribution is 0.101. The van der Waals surface area contributed by atoms with Crippen LogP contribution < -0.4 is 20.3 Å². The van der Waals surface area contributed by atoms with E-state index in [2.05, 4.69) is 15.1 Å². The third-order valence-electron chi connectivity index (χ3n) is 4.07. The molecule has 0 fully saturated rings. The van der Waals surface area contributed by atoms with Gasteiger partial charge < -0.3 is 15.2 Å². The van der Waals surface area contributed by atoms with Crippen LogP contribution in [0.3, 0.4) is 0 Å². The van der Waals surface area contributed by atoms with Gasteiger partial charge in [-0.2, -0.15) is 5.10 Å². The molecule has 1 amide bonds. The van der Waals surface area contributed by atoms with Crippen molar-refractivity contribution in [1.29, 1.82) is 0 Å². The Morgan fingerprint density at radius 1 is 1.10 bits per heavy atom. The maximum atomic E-state index is 12.8. The highest BCUT2D eigenvalue weighted by atomic mass is 32.2. The predicted molar refractivity (Wildman–Crippen MR) is 109 cm³/mol. The summed E-state index contributed by atoms with van der Waals surface area (Å²) in [6.07, 6.45) is 0. The number of nitrogens with one attached hydrogen (secondary N) is 2. The monoisotopic (exact) mass is 430 g/mol. The molecule has 11 heteroatoms. The van der Waals surface area contributed by atoms with Gasteiger partial charge in [-0.25, -0.2) is 13.1 Å². The minimum Gasteiger partial charge on any atom is -0.506 e. The molecule has 0 atom stereocenters. The number of rotatable bonds is 6. The molecule has 0 unspecified atom stereocenters. The molecule has 1 aromatic heterocycles. The first-order valence-electron chi connectivity index (χ1n) is 8.56. The second-order valence-electron chi connectivity index (χ2n) is 6.12. The van der Waals surface area contributed by atoms with Crippen molar-refractivity contribution in [2.75, 3.05) is 17.1 Å². The van der Waals surface area contributed by atoms with Gasteiger partial charge in [0.1, 0.15) is 17.2 Å². The van der Waals surface area contributed by atoms with Crippen molar-refractivity contribution in [3.63, 3.8) is 0 Å². The second kappa shape index (κ2) is 8.25. The van der Waals surface area contributed by atoms with Gasteiger partial charge in [0.15, 0.2) is 0 Å². The molecular formula is C19H18N4O6S. The molecular weight excluding hydrogens is 412 g/mol. The zero-order chi connectivity index (χ0) is 21.9. The summed E-state index contributed by atoms with van der Waals surface area (Å²) in [6, 6.07) is 12.3. The Morgan fingerprint density at radius 3 is 2.53 bits per heavy atom. The van der Waals surface area contributed by atoms with Crippen molar-refractivity contribution in [3.8, 4) is 11.5 Å². The normalized spacial score (nSPS) is 11.0. The molecule has 3 N–H and O–H groups in total. The van der Waals surface area contributed by atoms with Gasteiger partial charge in [-0.05, 0) is 36.4 Å². The van der Waals surface area contributed by atoms with Crippen LogP contribution in [0.25, 0.3) is 0 Å². The van der Waals surface area contributed by atoms with Gasteiger partial charge in [-0.15, -0.1) is 0 Å². The van der Waals surface area contributed by atoms with E-state index in [1.165, 1.54) is 38.4 Å². The third kappa shape index (κ3) is 4.41.